The Balaban J connectivity index is 1.57. The molecular weight excluding hydrogens is 346 g/mol. The summed E-state index contributed by atoms with van der Waals surface area (Å²) in [5, 5.41) is 10.1. The minimum absolute atomic E-state index is 0.472. The van der Waals surface area contributed by atoms with Crippen LogP contribution < -0.4 is 9.64 Å². The minimum Gasteiger partial charge on any atom is -0.489 e. The Labute approximate surface area is 166 Å². The predicted molar refractivity (Wildman–Crippen MR) is 113 cm³/mol. The summed E-state index contributed by atoms with van der Waals surface area (Å²) in [4.78, 5) is 7.25. The van der Waals surface area contributed by atoms with Crippen molar-refractivity contribution < 1.29 is 4.74 Å². The van der Waals surface area contributed by atoms with Crippen LogP contribution in [0.5, 0.6) is 5.75 Å². The van der Waals surface area contributed by atoms with Crippen LogP contribution in [0.2, 0.25) is 0 Å². The van der Waals surface area contributed by atoms with Crippen LogP contribution in [0.1, 0.15) is 36.6 Å². The molecule has 1 aliphatic rings. The summed E-state index contributed by atoms with van der Waals surface area (Å²) >= 11 is 0. The number of piperidine rings is 1. The molecule has 1 saturated heterocycles. The Kier molecular flexibility index (Phi) is 5.16. The summed E-state index contributed by atoms with van der Waals surface area (Å²) in [6.07, 6.45) is 2.56. The van der Waals surface area contributed by atoms with E-state index >= 15 is 0 Å². The summed E-state index contributed by atoms with van der Waals surface area (Å²) in [5.74, 6) is 1.54. The number of hydrogen-bond acceptors (Lipinski definition) is 4. The van der Waals surface area contributed by atoms with E-state index in [9.17, 15) is 0 Å². The van der Waals surface area contributed by atoms with E-state index in [1.807, 2.05) is 36.4 Å². The van der Waals surface area contributed by atoms with E-state index in [4.69, 9.17) is 15.0 Å². The molecule has 2 heterocycles. The van der Waals surface area contributed by atoms with Gasteiger partial charge in [-0.3, -0.25) is 4.98 Å². The van der Waals surface area contributed by atoms with Gasteiger partial charge in [0.1, 0.15) is 12.4 Å². The largest absolute Gasteiger partial charge is 0.489 e. The standard InChI is InChI=1S/C24H25N3O/c1-17-4-3-11-27(15-17)24-12-18(2)26-23-13-21(9-10-22(23)24)28-16-20-7-5-19(14-25)6-8-20/h5-10,12-13,17H,3-4,11,15-16H2,1-2H3. The lowest BCUT2D eigenvalue weighted by molar-refractivity contribution is 0.306. The third-order valence-corrected chi connectivity index (χ3v) is 5.37. The van der Waals surface area contributed by atoms with Gasteiger partial charge in [0.2, 0.25) is 0 Å². The summed E-state index contributed by atoms with van der Waals surface area (Å²) in [7, 11) is 0. The molecule has 4 rings (SSSR count). The molecule has 1 aromatic heterocycles. The van der Waals surface area contributed by atoms with Crippen LogP contribution in [0.15, 0.2) is 48.5 Å². The quantitative estimate of drug-likeness (QED) is 0.630. The van der Waals surface area contributed by atoms with Crippen molar-refractivity contribution in [2.75, 3.05) is 18.0 Å². The van der Waals surface area contributed by atoms with Gasteiger partial charge in [0, 0.05) is 35.9 Å². The number of fused-ring (bicyclic) bond motifs is 1. The summed E-state index contributed by atoms with van der Waals surface area (Å²) < 4.78 is 5.98. The number of benzene rings is 2. The van der Waals surface area contributed by atoms with Crippen molar-refractivity contribution in [1.29, 1.82) is 5.26 Å². The molecule has 1 unspecified atom stereocenters. The monoisotopic (exact) mass is 371 g/mol. The Hall–Kier alpha value is -3.06. The number of rotatable bonds is 4. The molecule has 1 aliphatic heterocycles. The van der Waals surface area contributed by atoms with Crippen molar-refractivity contribution in [3.05, 3.63) is 65.4 Å². The van der Waals surface area contributed by atoms with Gasteiger partial charge in [0.15, 0.2) is 0 Å². The fourth-order valence-electron chi connectivity index (χ4n) is 3.92. The highest BCUT2D eigenvalue weighted by Crippen LogP contribution is 2.32. The topological polar surface area (TPSA) is 49.1 Å². The maximum atomic E-state index is 8.90. The third kappa shape index (κ3) is 3.94. The molecule has 0 saturated carbocycles. The van der Waals surface area contributed by atoms with E-state index in [1.165, 1.54) is 23.9 Å². The van der Waals surface area contributed by atoms with Crippen molar-refractivity contribution in [1.82, 2.24) is 4.98 Å². The van der Waals surface area contributed by atoms with Crippen LogP contribution in [0.3, 0.4) is 0 Å². The van der Waals surface area contributed by atoms with E-state index in [1.54, 1.807) is 0 Å². The molecule has 0 amide bonds. The number of ether oxygens (including phenoxy) is 1. The van der Waals surface area contributed by atoms with E-state index in [2.05, 4.69) is 36.9 Å². The first kappa shape index (κ1) is 18.3. The highest BCUT2D eigenvalue weighted by Gasteiger charge is 2.19. The Morgan fingerprint density at radius 3 is 2.75 bits per heavy atom. The number of pyridine rings is 1. The zero-order chi connectivity index (χ0) is 19.5. The highest BCUT2D eigenvalue weighted by atomic mass is 16.5. The van der Waals surface area contributed by atoms with Gasteiger partial charge in [-0.25, -0.2) is 0 Å². The van der Waals surface area contributed by atoms with Crippen LogP contribution in [-0.2, 0) is 6.61 Å². The second-order valence-corrected chi connectivity index (χ2v) is 7.75. The van der Waals surface area contributed by atoms with Crippen molar-refractivity contribution >= 4 is 16.6 Å². The summed E-state index contributed by atoms with van der Waals surface area (Å²) in [6.45, 7) is 7.08. The average molecular weight is 371 g/mol. The van der Waals surface area contributed by atoms with E-state index in [0.717, 1.165) is 41.5 Å². The fraction of sp³-hybridized carbons (Fsp3) is 0.333. The van der Waals surface area contributed by atoms with E-state index < -0.39 is 0 Å². The van der Waals surface area contributed by atoms with Gasteiger partial charge in [-0.05, 0) is 61.6 Å². The molecular formula is C24H25N3O. The second kappa shape index (κ2) is 7.90. The van der Waals surface area contributed by atoms with Gasteiger partial charge >= 0.3 is 0 Å². The molecule has 142 valence electrons. The number of anilines is 1. The lowest BCUT2D eigenvalue weighted by atomic mass is 9.99. The molecule has 3 aromatic rings. The van der Waals surface area contributed by atoms with Gasteiger partial charge in [-0.1, -0.05) is 19.1 Å². The van der Waals surface area contributed by atoms with Gasteiger partial charge in [-0.2, -0.15) is 5.26 Å². The molecule has 4 nitrogen and oxygen atoms in total. The number of nitrogens with zero attached hydrogens (tertiary/aromatic N) is 3. The van der Waals surface area contributed by atoms with E-state index in [-0.39, 0.29) is 0 Å². The number of aryl methyl sites for hydroxylation is 1. The average Bonchev–Trinajstić information content (AvgIpc) is 2.71. The van der Waals surface area contributed by atoms with Gasteiger partial charge in [-0.15, -0.1) is 0 Å². The molecule has 1 atom stereocenters. The van der Waals surface area contributed by atoms with Crippen molar-refractivity contribution in [3.63, 3.8) is 0 Å². The first-order chi connectivity index (χ1) is 13.6. The van der Waals surface area contributed by atoms with Crippen molar-refractivity contribution in [2.24, 2.45) is 5.92 Å². The second-order valence-electron chi connectivity index (χ2n) is 7.75. The molecule has 4 heteroatoms. The first-order valence-electron chi connectivity index (χ1n) is 9.90. The molecule has 0 N–H and O–H groups in total. The van der Waals surface area contributed by atoms with Crippen LogP contribution in [0, 0.1) is 24.2 Å². The molecule has 0 bridgehead atoms. The highest BCUT2D eigenvalue weighted by molar-refractivity contribution is 5.92. The summed E-state index contributed by atoms with van der Waals surface area (Å²) in [6, 6.07) is 18.0. The van der Waals surface area contributed by atoms with Crippen LogP contribution in [-0.4, -0.2) is 18.1 Å². The third-order valence-electron chi connectivity index (χ3n) is 5.37. The maximum Gasteiger partial charge on any atom is 0.122 e. The Morgan fingerprint density at radius 2 is 2.00 bits per heavy atom. The van der Waals surface area contributed by atoms with E-state index in [0.29, 0.717) is 12.2 Å². The number of aromatic nitrogens is 1. The Bertz CT molecular complexity index is 1020. The van der Waals surface area contributed by atoms with Crippen LogP contribution >= 0.6 is 0 Å². The SMILES string of the molecule is Cc1cc(N2CCCC(C)C2)c2ccc(OCc3ccc(C#N)cc3)cc2n1. The zero-order valence-electron chi connectivity index (χ0n) is 16.5. The van der Waals surface area contributed by atoms with Crippen molar-refractivity contribution in [2.45, 2.75) is 33.3 Å². The molecule has 1 fully saturated rings. The molecule has 0 spiro atoms. The lowest BCUT2D eigenvalue weighted by Crippen LogP contribution is -2.34. The number of hydrogen-bond donors (Lipinski definition) is 0. The van der Waals surface area contributed by atoms with Gasteiger partial charge < -0.3 is 9.64 Å². The fourth-order valence-corrected chi connectivity index (χ4v) is 3.92. The smallest absolute Gasteiger partial charge is 0.122 e. The number of nitriles is 1. The molecule has 28 heavy (non-hydrogen) atoms. The van der Waals surface area contributed by atoms with Gasteiger partial charge in [0.25, 0.3) is 0 Å². The Morgan fingerprint density at radius 1 is 1.18 bits per heavy atom. The lowest BCUT2D eigenvalue weighted by Gasteiger charge is -2.33. The maximum absolute atomic E-state index is 8.90. The first-order valence-corrected chi connectivity index (χ1v) is 9.90. The molecule has 0 aliphatic carbocycles. The molecule has 2 aromatic carbocycles. The summed E-state index contributed by atoms with van der Waals surface area (Å²) in [5.41, 5.74) is 5.00. The normalized spacial score (nSPS) is 16.8. The predicted octanol–water partition coefficient (Wildman–Crippen LogP) is 5.23. The molecule has 0 radical (unpaired) electrons. The minimum atomic E-state index is 0.472. The van der Waals surface area contributed by atoms with Crippen LogP contribution in [0.25, 0.3) is 10.9 Å². The van der Waals surface area contributed by atoms with Gasteiger partial charge in [0.05, 0.1) is 17.1 Å². The zero-order valence-corrected chi connectivity index (χ0v) is 16.5. The van der Waals surface area contributed by atoms with Crippen molar-refractivity contribution in [3.8, 4) is 11.8 Å². The van der Waals surface area contributed by atoms with Crippen LogP contribution in [0.4, 0.5) is 5.69 Å².